The summed E-state index contributed by atoms with van der Waals surface area (Å²) in [6, 6.07) is 1.62. The average molecular weight is 297 g/mol. The zero-order chi connectivity index (χ0) is 12.8. The van der Waals surface area contributed by atoms with Gasteiger partial charge in [-0.05, 0) is 35.3 Å². The number of terminal acetylenes is 1. The number of carbonyl (C=O) groups excluding carboxylic acids is 1. The number of rotatable bonds is 5. The normalized spacial score (nSPS) is 11.9. The van der Waals surface area contributed by atoms with Crippen LogP contribution in [0.15, 0.2) is 16.7 Å². The van der Waals surface area contributed by atoms with Crippen LogP contribution in [-0.2, 0) is 6.54 Å². The molecule has 0 radical (unpaired) electrons. The smallest absolute Gasteiger partial charge is 0.268 e. The first kappa shape index (κ1) is 13.9. The number of aryl methyl sites for hydroxylation is 1. The molecule has 0 fully saturated rings. The van der Waals surface area contributed by atoms with Crippen molar-refractivity contribution in [1.29, 1.82) is 0 Å². The number of hydrogen-bond donors (Lipinski definition) is 1. The zero-order valence-electron chi connectivity index (χ0n) is 10.2. The van der Waals surface area contributed by atoms with Crippen molar-refractivity contribution in [2.24, 2.45) is 0 Å². The number of aromatic nitrogens is 1. The first-order valence-corrected chi connectivity index (χ1v) is 6.54. The summed E-state index contributed by atoms with van der Waals surface area (Å²) in [5.74, 6) is 2.48. The Hall–Kier alpha value is -1.21. The molecule has 1 aromatic heterocycles. The monoisotopic (exact) mass is 296 g/mol. The van der Waals surface area contributed by atoms with Crippen LogP contribution in [0.25, 0.3) is 0 Å². The third-order valence-corrected chi connectivity index (χ3v) is 2.95. The van der Waals surface area contributed by atoms with Gasteiger partial charge in [-0.1, -0.05) is 19.3 Å². The molecule has 1 atom stereocenters. The zero-order valence-corrected chi connectivity index (χ0v) is 11.8. The standard InChI is InChI=1S/C13H17BrN2O/c1-4-7-11(5-2)15-13(17)12-8-10(14)9-16(12)6-3/h2,8-9,11H,4,6-7H2,1,3H3,(H,15,17). The molecule has 92 valence electrons. The van der Waals surface area contributed by atoms with Crippen LogP contribution in [0, 0.1) is 12.3 Å². The predicted molar refractivity (Wildman–Crippen MR) is 72.8 cm³/mol. The molecule has 0 spiro atoms. The molecular formula is C13H17BrN2O. The van der Waals surface area contributed by atoms with Crippen LogP contribution in [0.4, 0.5) is 0 Å². The van der Waals surface area contributed by atoms with E-state index in [4.69, 9.17) is 6.42 Å². The van der Waals surface area contributed by atoms with E-state index in [1.165, 1.54) is 0 Å². The lowest BCUT2D eigenvalue weighted by molar-refractivity contribution is 0.0935. The second kappa shape index (κ2) is 6.51. The van der Waals surface area contributed by atoms with E-state index in [0.29, 0.717) is 5.69 Å². The van der Waals surface area contributed by atoms with Crippen molar-refractivity contribution in [2.75, 3.05) is 0 Å². The molecule has 0 aliphatic rings. The molecule has 1 rings (SSSR count). The van der Waals surface area contributed by atoms with Gasteiger partial charge in [0.2, 0.25) is 0 Å². The van der Waals surface area contributed by atoms with E-state index in [1.54, 1.807) is 6.07 Å². The van der Waals surface area contributed by atoms with Crippen molar-refractivity contribution in [2.45, 2.75) is 39.3 Å². The Kier molecular flexibility index (Phi) is 5.30. The average Bonchev–Trinajstić information content (AvgIpc) is 2.69. The molecular weight excluding hydrogens is 280 g/mol. The minimum atomic E-state index is -0.188. The fraction of sp³-hybridized carbons (Fsp3) is 0.462. The van der Waals surface area contributed by atoms with Gasteiger partial charge >= 0.3 is 0 Å². The van der Waals surface area contributed by atoms with Crippen LogP contribution in [0.2, 0.25) is 0 Å². The Morgan fingerprint density at radius 3 is 2.88 bits per heavy atom. The van der Waals surface area contributed by atoms with E-state index in [9.17, 15) is 4.79 Å². The summed E-state index contributed by atoms with van der Waals surface area (Å²) in [6.45, 7) is 4.79. The molecule has 0 saturated carbocycles. The number of amides is 1. The third-order valence-electron chi connectivity index (χ3n) is 2.52. The second-order valence-corrected chi connectivity index (χ2v) is 4.73. The highest BCUT2D eigenvalue weighted by Crippen LogP contribution is 2.15. The fourth-order valence-electron chi connectivity index (χ4n) is 1.64. The van der Waals surface area contributed by atoms with Crippen molar-refractivity contribution < 1.29 is 4.79 Å². The van der Waals surface area contributed by atoms with Gasteiger partial charge in [0.1, 0.15) is 5.69 Å². The molecule has 1 aromatic rings. The molecule has 1 heterocycles. The van der Waals surface area contributed by atoms with E-state index in [0.717, 1.165) is 23.9 Å². The summed E-state index contributed by atoms with van der Waals surface area (Å²) in [6.07, 6.45) is 9.02. The first-order chi connectivity index (χ1) is 8.12. The maximum atomic E-state index is 12.0. The number of nitrogens with one attached hydrogen (secondary N) is 1. The highest BCUT2D eigenvalue weighted by atomic mass is 79.9. The second-order valence-electron chi connectivity index (χ2n) is 3.81. The van der Waals surface area contributed by atoms with Crippen LogP contribution in [0.3, 0.4) is 0 Å². The maximum Gasteiger partial charge on any atom is 0.268 e. The Labute approximate surface area is 111 Å². The highest BCUT2D eigenvalue weighted by molar-refractivity contribution is 9.10. The molecule has 3 nitrogen and oxygen atoms in total. The van der Waals surface area contributed by atoms with Crippen LogP contribution in [-0.4, -0.2) is 16.5 Å². The Morgan fingerprint density at radius 1 is 1.65 bits per heavy atom. The van der Waals surface area contributed by atoms with Crippen molar-refractivity contribution in [3.05, 3.63) is 22.4 Å². The van der Waals surface area contributed by atoms with E-state index >= 15 is 0 Å². The third kappa shape index (κ3) is 3.64. The summed E-state index contributed by atoms with van der Waals surface area (Å²) >= 11 is 3.36. The van der Waals surface area contributed by atoms with E-state index in [-0.39, 0.29) is 11.9 Å². The lowest BCUT2D eigenvalue weighted by Gasteiger charge is -2.12. The van der Waals surface area contributed by atoms with Crippen LogP contribution in [0.5, 0.6) is 0 Å². The Bertz CT molecular complexity index is 431. The minimum absolute atomic E-state index is 0.117. The quantitative estimate of drug-likeness (QED) is 0.833. The summed E-state index contributed by atoms with van der Waals surface area (Å²) in [5.41, 5.74) is 0.635. The van der Waals surface area contributed by atoms with Crippen molar-refractivity contribution in [1.82, 2.24) is 9.88 Å². The van der Waals surface area contributed by atoms with Gasteiger partial charge < -0.3 is 9.88 Å². The largest absolute Gasteiger partial charge is 0.343 e. The van der Waals surface area contributed by atoms with Crippen molar-refractivity contribution >= 4 is 21.8 Å². The number of carbonyl (C=O) groups is 1. The number of nitrogens with zero attached hydrogens (tertiary/aromatic N) is 1. The van der Waals surface area contributed by atoms with Crippen LogP contribution in [0.1, 0.15) is 37.2 Å². The minimum Gasteiger partial charge on any atom is -0.343 e. The first-order valence-electron chi connectivity index (χ1n) is 5.75. The molecule has 0 aromatic carbocycles. The van der Waals surface area contributed by atoms with E-state index in [1.807, 2.05) is 24.6 Å². The predicted octanol–water partition coefficient (Wildman–Crippen LogP) is 2.80. The molecule has 17 heavy (non-hydrogen) atoms. The topological polar surface area (TPSA) is 34.0 Å². The molecule has 0 bridgehead atoms. The van der Waals surface area contributed by atoms with Gasteiger partial charge in [0.15, 0.2) is 0 Å². The summed E-state index contributed by atoms with van der Waals surface area (Å²) < 4.78 is 2.79. The summed E-state index contributed by atoms with van der Waals surface area (Å²) in [5, 5.41) is 2.86. The molecule has 1 N–H and O–H groups in total. The van der Waals surface area contributed by atoms with Gasteiger partial charge in [0.05, 0.1) is 6.04 Å². The van der Waals surface area contributed by atoms with Crippen molar-refractivity contribution in [3.63, 3.8) is 0 Å². The van der Waals surface area contributed by atoms with Crippen LogP contribution >= 0.6 is 15.9 Å². The summed E-state index contributed by atoms with van der Waals surface area (Å²) in [4.78, 5) is 12.0. The highest BCUT2D eigenvalue weighted by Gasteiger charge is 2.15. The molecule has 4 heteroatoms. The Morgan fingerprint density at radius 2 is 2.35 bits per heavy atom. The van der Waals surface area contributed by atoms with E-state index in [2.05, 4.69) is 27.2 Å². The molecule has 0 aliphatic carbocycles. The summed E-state index contributed by atoms with van der Waals surface area (Å²) in [7, 11) is 0. The molecule has 1 unspecified atom stereocenters. The van der Waals surface area contributed by atoms with Crippen LogP contribution < -0.4 is 5.32 Å². The van der Waals surface area contributed by atoms with Gasteiger partial charge in [-0.3, -0.25) is 4.79 Å². The van der Waals surface area contributed by atoms with Gasteiger partial charge in [0.25, 0.3) is 5.91 Å². The molecule has 1 amide bonds. The van der Waals surface area contributed by atoms with Gasteiger partial charge in [0, 0.05) is 17.2 Å². The lowest BCUT2D eigenvalue weighted by Crippen LogP contribution is -2.34. The van der Waals surface area contributed by atoms with Gasteiger partial charge in [-0.2, -0.15) is 0 Å². The van der Waals surface area contributed by atoms with E-state index < -0.39 is 0 Å². The molecule has 0 aliphatic heterocycles. The lowest BCUT2D eigenvalue weighted by atomic mass is 10.2. The van der Waals surface area contributed by atoms with Gasteiger partial charge in [-0.15, -0.1) is 6.42 Å². The molecule has 0 saturated heterocycles. The van der Waals surface area contributed by atoms with Gasteiger partial charge in [-0.25, -0.2) is 0 Å². The Balaban J connectivity index is 2.79. The fourth-order valence-corrected chi connectivity index (χ4v) is 2.11. The SMILES string of the molecule is C#CC(CCC)NC(=O)c1cc(Br)cn1CC. The maximum absolute atomic E-state index is 12.0. The number of hydrogen-bond acceptors (Lipinski definition) is 1. The number of halogens is 1. The van der Waals surface area contributed by atoms with Crippen molar-refractivity contribution in [3.8, 4) is 12.3 Å².